The van der Waals surface area contributed by atoms with Crippen LogP contribution in [0, 0.1) is 0 Å². The Morgan fingerprint density at radius 1 is 1.38 bits per heavy atom. The van der Waals surface area contributed by atoms with Crippen LogP contribution in [0.25, 0.3) is 0 Å². The molecule has 1 atom stereocenters. The van der Waals surface area contributed by atoms with Gasteiger partial charge in [0, 0.05) is 24.7 Å². The average Bonchev–Trinajstić information content (AvgIpc) is 2.91. The van der Waals surface area contributed by atoms with Gasteiger partial charge in [0.05, 0.1) is 0 Å². The van der Waals surface area contributed by atoms with Crippen LogP contribution in [0.5, 0.6) is 0 Å². The molecule has 16 heavy (non-hydrogen) atoms. The van der Waals surface area contributed by atoms with Crippen LogP contribution in [0.1, 0.15) is 39.5 Å². The standard InChI is InChI=1S/C13H22N2O/c1-10(2)8-13(16)15(12-5-6-12)9-11-4-3-7-14-11/h8,11-12,14H,3-7,9H2,1-2H3. The lowest BCUT2D eigenvalue weighted by Gasteiger charge is -2.24. The number of nitrogens with one attached hydrogen (secondary N) is 1. The third-order valence-corrected chi connectivity index (χ3v) is 3.26. The van der Waals surface area contributed by atoms with Gasteiger partial charge in [0.25, 0.3) is 0 Å². The smallest absolute Gasteiger partial charge is 0.246 e. The van der Waals surface area contributed by atoms with Crippen LogP contribution >= 0.6 is 0 Å². The van der Waals surface area contributed by atoms with Crippen LogP contribution in [0.4, 0.5) is 0 Å². The molecule has 2 aliphatic rings. The van der Waals surface area contributed by atoms with Crippen LogP contribution in [0.2, 0.25) is 0 Å². The van der Waals surface area contributed by atoms with E-state index in [9.17, 15) is 4.79 Å². The molecule has 1 saturated carbocycles. The van der Waals surface area contributed by atoms with E-state index in [1.54, 1.807) is 6.08 Å². The minimum absolute atomic E-state index is 0.205. The zero-order valence-electron chi connectivity index (χ0n) is 10.3. The van der Waals surface area contributed by atoms with Crippen molar-refractivity contribution in [2.75, 3.05) is 13.1 Å². The summed E-state index contributed by atoms with van der Waals surface area (Å²) in [6, 6.07) is 1.04. The van der Waals surface area contributed by atoms with Gasteiger partial charge in [-0.05, 0) is 46.1 Å². The van der Waals surface area contributed by atoms with Gasteiger partial charge < -0.3 is 10.2 Å². The first-order chi connectivity index (χ1) is 7.66. The van der Waals surface area contributed by atoms with Crippen molar-refractivity contribution in [3.05, 3.63) is 11.6 Å². The molecule has 0 bridgehead atoms. The Balaban J connectivity index is 1.93. The van der Waals surface area contributed by atoms with Gasteiger partial charge in [-0.3, -0.25) is 4.79 Å². The predicted molar refractivity (Wildman–Crippen MR) is 65.2 cm³/mol. The maximum absolute atomic E-state index is 12.0. The van der Waals surface area contributed by atoms with Crippen molar-refractivity contribution in [3.63, 3.8) is 0 Å². The molecular formula is C13H22N2O. The monoisotopic (exact) mass is 222 g/mol. The third kappa shape index (κ3) is 3.08. The first-order valence-electron chi connectivity index (χ1n) is 6.35. The highest BCUT2D eigenvalue weighted by Gasteiger charge is 2.33. The number of rotatable bonds is 4. The van der Waals surface area contributed by atoms with Gasteiger partial charge in [0.2, 0.25) is 5.91 Å². The normalized spacial score (nSPS) is 24.2. The number of nitrogens with zero attached hydrogens (tertiary/aromatic N) is 1. The van der Waals surface area contributed by atoms with E-state index in [0.29, 0.717) is 12.1 Å². The van der Waals surface area contributed by atoms with Crippen molar-refractivity contribution in [3.8, 4) is 0 Å². The summed E-state index contributed by atoms with van der Waals surface area (Å²) >= 11 is 0. The summed E-state index contributed by atoms with van der Waals surface area (Å²) in [6.07, 6.45) is 6.61. The SMILES string of the molecule is CC(C)=CC(=O)N(CC1CCCN1)C1CC1. The largest absolute Gasteiger partial charge is 0.335 e. The third-order valence-electron chi connectivity index (χ3n) is 3.26. The molecule has 2 rings (SSSR count). The van der Waals surface area contributed by atoms with E-state index in [-0.39, 0.29) is 5.91 Å². The van der Waals surface area contributed by atoms with Crippen LogP contribution in [0.3, 0.4) is 0 Å². The fraction of sp³-hybridized carbons (Fsp3) is 0.769. The number of hydrogen-bond acceptors (Lipinski definition) is 2. The molecule has 1 aliphatic carbocycles. The maximum Gasteiger partial charge on any atom is 0.246 e. The van der Waals surface area contributed by atoms with E-state index in [1.807, 2.05) is 13.8 Å². The molecule has 1 heterocycles. The Bertz CT molecular complexity index is 284. The predicted octanol–water partition coefficient (Wildman–Crippen LogP) is 1.70. The van der Waals surface area contributed by atoms with Crippen LogP contribution in [-0.4, -0.2) is 36.0 Å². The van der Waals surface area contributed by atoms with Crippen molar-refractivity contribution < 1.29 is 4.79 Å². The average molecular weight is 222 g/mol. The van der Waals surface area contributed by atoms with Gasteiger partial charge in [0.15, 0.2) is 0 Å². The molecule has 0 aromatic carbocycles. The molecule has 3 heteroatoms. The summed E-state index contributed by atoms with van der Waals surface area (Å²) in [7, 11) is 0. The molecule has 1 saturated heterocycles. The number of carbonyl (C=O) groups excluding carboxylic acids is 1. The molecule has 0 aromatic heterocycles. The zero-order valence-corrected chi connectivity index (χ0v) is 10.3. The van der Waals surface area contributed by atoms with Gasteiger partial charge in [-0.25, -0.2) is 0 Å². The van der Waals surface area contributed by atoms with Gasteiger partial charge >= 0.3 is 0 Å². The van der Waals surface area contributed by atoms with E-state index >= 15 is 0 Å². The highest BCUT2D eigenvalue weighted by atomic mass is 16.2. The maximum atomic E-state index is 12.0. The van der Waals surface area contributed by atoms with E-state index < -0.39 is 0 Å². The molecule has 1 N–H and O–H groups in total. The fourth-order valence-corrected chi connectivity index (χ4v) is 2.29. The Kier molecular flexibility index (Phi) is 3.64. The lowest BCUT2D eigenvalue weighted by Crippen LogP contribution is -2.41. The second-order valence-corrected chi connectivity index (χ2v) is 5.24. The van der Waals surface area contributed by atoms with Crippen LogP contribution in [0.15, 0.2) is 11.6 Å². The Labute approximate surface area is 97.9 Å². The quantitative estimate of drug-likeness (QED) is 0.734. The molecule has 3 nitrogen and oxygen atoms in total. The second-order valence-electron chi connectivity index (χ2n) is 5.24. The highest BCUT2D eigenvalue weighted by Crippen LogP contribution is 2.28. The molecule has 90 valence electrons. The summed E-state index contributed by atoms with van der Waals surface area (Å²) in [5.41, 5.74) is 1.09. The van der Waals surface area contributed by atoms with E-state index in [2.05, 4.69) is 10.2 Å². The first kappa shape index (κ1) is 11.6. The van der Waals surface area contributed by atoms with Gasteiger partial charge in [-0.15, -0.1) is 0 Å². The Morgan fingerprint density at radius 2 is 2.12 bits per heavy atom. The van der Waals surface area contributed by atoms with Crippen molar-refractivity contribution in [1.29, 1.82) is 0 Å². The minimum Gasteiger partial charge on any atom is -0.335 e. The van der Waals surface area contributed by atoms with E-state index in [0.717, 1.165) is 18.7 Å². The molecule has 0 spiro atoms. The number of hydrogen-bond donors (Lipinski definition) is 1. The zero-order chi connectivity index (χ0) is 11.5. The Morgan fingerprint density at radius 3 is 2.62 bits per heavy atom. The van der Waals surface area contributed by atoms with Gasteiger partial charge in [0.1, 0.15) is 0 Å². The molecule has 0 radical (unpaired) electrons. The number of carbonyl (C=O) groups is 1. The van der Waals surface area contributed by atoms with E-state index in [4.69, 9.17) is 0 Å². The molecule has 0 aromatic rings. The molecule has 1 aliphatic heterocycles. The van der Waals surface area contributed by atoms with Crippen molar-refractivity contribution in [1.82, 2.24) is 10.2 Å². The fourth-order valence-electron chi connectivity index (χ4n) is 2.29. The van der Waals surface area contributed by atoms with E-state index in [1.165, 1.54) is 25.7 Å². The van der Waals surface area contributed by atoms with Crippen LogP contribution in [-0.2, 0) is 4.79 Å². The number of amides is 1. The molecule has 1 unspecified atom stereocenters. The lowest BCUT2D eigenvalue weighted by molar-refractivity contribution is -0.126. The van der Waals surface area contributed by atoms with Gasteiger partial charge in [-0.2, -0.15) is 0 Å². The molecule has 1 amide bonds. The summed E-state index contributed by atoms with van der Waals surface area (Å²) in [5, 5.41) is 3.46. The molecular weight excluding hydrogens is 200 g/mol. The Hall–Kier alpha value is -0.830. The summed E-state index contributed by atoms with van der Waals surface area (Å²) in [6.45, 7) is 5.97. The highest BCUT2D eigenvalue weighted by molar-refractivity contribution is 5.88. The lowest BCUT2D eigenvalue weighted by atomic mass is 10.2. The summed E-state index contributed by atoms with van der Waals surface area (Å²) < 4.78 is 0. The molecule has 2 fully saturated rings. The number of allylic oxidation sites excluding steroid dienone is 1. The van der Waals surface area contributed by atoms with Crippen molar-refractivity contribution in [2.24, 2.45) is 0 Å². The van der Waals surface area contributed by atoms with Crippen LogP contribution < -0.4 is 5.32 Å². The van der Waals surface area contributed by atoms with Crippen molar-refractivity contribution in [2.45, 2.75) is 51.6 Å². The second kappa shape index (κ2) is 5.00. The summed E-state index contributed by atoms with van der Waals surface area (Å²) in [5.74, 6) is 0.205. The van der Waals surface area contributed by atoms with Gasteiger partial charge in [-0.1, -0.05) is 5.57 Å². The summed E-state index contributed by atoms with van der Waals surface area (Å²) in [4.78, 5) is 14.1. The first-order valence-corrected chi connectivity index (χ1v) is 6.35. The van der Waals surface area contributed by atoms with Crippen molar-refractivity contribution >= 4 is 5.91 Å². The topological polar surface area (TPSA) is 32.3 Å². The minimum atomic E-state index is 0.205.